The first-order valence-corrected chi connectivity index (χ1v) is 8.17. The molecule has 1 atom stereocenters. The van der Waals surface area contributed by atoms with Crippen LogP contribution in [-0.4, -0.2) is 38.0 Å². The third-order valence-electron chi connectivity index (χ3n) is 2.44. The highest BCUT2D eigenvalue weighted by atomic mass is 79.9. The van der Waals surface area contributed by atoms with E-state index < -0.39 is 9.84 Å². The maximum atomic E-state index is 11.9. The predicted octanol–water partition coefficient (Wildman–Crippen LogP) is 2.00. The van der Waals surface area contributed by atoms with E-state index >= 15 is 0 Å². The second-order valence-corrected chi connectivity index (χ2v) is 7.66. The van der Waals surface area contributed by atoms with Gasteiger partial charge in [-0.1, -0.05) is 29.8 Å². The van der Waals surface area contributed by atoms with Crippen molar-refractivity contribution >= 4 is 25.8 Å². The molecule has 5 heteroatoms. The van der Waals surface area contributed by atoms with Crippen molar-refractivity contribution in [1.82, 2.24) is 0 Å². The van der Waals surface area contributed by atoms with Crippen LogP contribution < -0.4 is 0 Å². The van der Waals surface area contributed by atoms with Crippen molar-refractivity contribution in [3.63, 3.8) is 0 Å². The van der Waals surface area contributed by atoms with Crippen LogP contribution in [0.25, 0.3) is 0 Å². The highest BCUT2D eigenvalue weighted by Gasteiger charge is 2.29. The van der Waals surface area contributed by atoms with Crippen LogP contribution in [0.1, 0.15) is 26.7 Å². The highest BCUT2D eigenvalue weighted by molar-refractivity contribution is 9.09. The summed E-state index contributed by atoms with van der Waals surface area (Å²) in [6.45, 7) is 4.62. The van der Waals surface area contributed by atoms with Crippen molar-refractivity contribution in [2.75, 3.05) is 23.4 Å². The lowest BCUT2D eigenvalue weighted by atomic mass is 10.0. The summed E-state index contributed by atoms with van der Waals surface area (Å²) >= 11 is 3.34. The minimum Gasteiger partial charge on any atom is -0.377 e. The molecule has 0 aromatic rings. The summed E-state index contributed by atoms with van der Waals surface area (Å²) in [6.07, 6.45) is 1.80. The van der Waals surface area contributed by atoms with Crippen LogP contribution in [-0.2, 0) is 14.6 Å². The second-order valence-electron chi connectivity index (χ2n) is 4.99. The molecule has 1 rings (SSSR count). The van der Waals surface area contributed by atoms with Crippen molar-refractivity contribution in [3.8, 4) is 0 Å². The Bertz CT molecular complexity index is 292. The lowest BCUT2D eigenvalue weighted by Gasteiger charge is -2.22. The first-order chi connectivity index (χ1) is 6.85. The van der Waals surface area contributed by atoms with E-state index in [9.17, 15) is 8.42 Å². The van der Waals surface area contributed by atoms with Gasteiger partial charge in [-0.25, -0.2) is 8.42 Å². The van der Waals surface area contributed by atoms with E-state index in [4.69, 9.17) is 4.74 Å². The quantitative estimate of drug-likeness (QED) is 0.729. The zero-order valence-corrected chi connectivity index (χ0v) is 11.7. The Balaban J connectivity index is 2.51. The smallest absolute Gasteiger partial charge is 0.153 e. The number of sulfone groups is 1. The molecule has 1 unspecified atom stereocenters. The van der Waals surface area contributed by atoms with Crippen LogP contribution in [0.15, 0.2) is 0 Å². The fourth-order valence-electron chi connectivity index (χ4n) is 1.75. The van der Waals surface area contributed by atoms with Gasteiger partial charge >= 0.3 is 0 Å². The van der Waals surface area contributed by atoms with E-state index in [1.54, 1.807) is 0 Å². The molecule has 1 aliphatic heterocycles. The van der Waals surface area contributed by atoms with Gasteiger partial charge in [-0.2, -0.15) is 0 Å². The number of alkyl halides is 1. The standard InChI is InChI=1S/C10H19BrO3S/c1-10(2,7-11)8-15(12,13)6-9-4-3-5-14-9/h9H,3-8H2,1-2H3. The zero-order valence-electron chi connectivity index (χ0n) is 9.33. The highest BCUT2D eigenvalue weighted by Crippen LogP contribution is 2.23. The largest absolute Gasteiger partial charge is 0.377 e. The molecule has 90 valence electrons. The van der Waals surface area contributed by atoms with Crippen molar-refractivity contribution in [2.45, 2.75) is 32.8 Å². The summed E-state index contributed by atoms with van der Waals surface area (Å²) < 4.78 is 29.1. The van der Waals surface area contributed by atoms with Crippen LogP contribution in [0.3, 0.4) is 0 Å². The number of ether oxygens (including phenoxy) is 1. The molecule has 15 heavy (non-hydrogen) atoms. The Morgan fingerprint density at radius 1 is 1.47 bits per heavy atom. The molecule has 1 saturated heterocycles. The summed E-state index contributed by atoms with van der Waals surface area (Å²) in [5.74, 6) is 0.411. The van der Waals surface area contributed by atoms with E-state index in [0.717, 1.165) is 12.8 Å². The van der Waals surface area contributed by atoms with Gasteiger partial charge in [0.15, 0.2) is 9.84 Å². The second kappa shape index (κ2) is 5.15. The Labute approximate surface area is 101 Å². The van der Waals surface area contributed by atoms with E-state index in [0.29, 0.717) is 11.9 Å². The summed E-state index contributed by atoms with van der Waals surface area (Å²) in [5.41, 5.74) is -0.197. The molecule has 0 aromatic heterocycles. The van der Waals surface area contributed by atoms with Crippen LogP contribution in [0.4, 0.5) is 0 Å². The summed E-state index contributed by atoms with van der Waals surface area (Å²) in [5, 5.41) is 0.699. The minimum absolute atomic E-state index is 0.0684. The Morgan fingerprint density at radius 2 is 2.13 bits per heavy atom. The Hall–Kier alpha value is 0.390. The van der Waals surface area contributed by atoms with Gasteiger partial charge in [0.05, 0.1) is 17.6 Å². The van der Waals surface area contributed by atoms with Gasteiger partial charge in [0.25, 0.3) is 0 Å². The number of rotatable bonds is 5. The zero-order chi connectivity index (χ0) is 11.5. The predicted molar refractivity (Wildman–Crippen MR) is 65.2 cm³/mol. The van der Waals surface area contributed by atoms with Gasteiger partial charge in [-0.3, -0.25) is 0 Å². The first-order valence-electron chi connectivity index (χ1n) is 5.23. The monoisotopic (exact) mass is 298 g/mol. The van der Waals surface area contributed by atoms with Crippen molar-refractivity contribution < 1.29 is 13.2 Å². The SMILES string of the molecule is CC(C)(CBr)CS(=O)(=O)CC1CCCO1. The molecule has 0 N–H and O–H groups in total. The van der Waals surface area contributed by atoms with Crippen LogP contribution >= 0.6 is 15.9 Å². The molecule has 0 saturated carbocycles. The fourth-order valence-corrected chi connectivity index (χ4v) is 4.45. The number of halogens is 1. The summed E-state index contributed by atoms with van der Waals surface area (Å²) in [6, 6.07) is 0. The molecule has 3 nitrogen and oxygen atoms in total. The van der Waals surface area contributed by atoms with E-state index in [-0.39, 0.29) is 23.0 Å². The molecule has 0 bridgehead atoms. The molecule has 1 aliphatic rings. The van der Waals surface area contributed by atoms with Crippen LogP contribution in [0, 0.1) is 5.41 Å². The van der Waals surface area contributed by atoms with Gasteiger partial charge in [-0.15, -0.1) is 0 Å². The Kier molecular flexibility index (Phi) is 4.62. The molecule has 0 spiro atoms. The molecule has 1 heterocycles. The average molecular weight is 299 g/mol. The number of hydrogen-bond donors (Lipinski definition) is 0. The fraction of sp³-hybridized carbons (Fsp3) is 1.00. The molecule has 0 aromatic carbocycles. The topological polar surface area (TPSA) is 43.4 Å². The maximum Gasteiger partial charge on any atom is 0.153 e. The van der Waals surface area contributed by atoms with Gasteiger partial charge in [-0.05, 0) is 18.3 Å². The van der Waals surface area contributed by atoms with Gasteiger partial charge in [0, 0.05) is 11.9 Å². The number of hydrogen-bond acceptors (Lipinski definition) is 3. The van der Waals surface area contributed by atoms with Gasteiger partial charge in [0.2, 0.25) is 0 Å². The first kappa shape index (κ1) is 13.5. The van der Waals surface area contributed by atoms with Crippen LogP contribution in [0.5, 0.6) is 0 Å². The third kappa shape index (κ3) is 4.83. The molecular weight excluding hydrogens is 280 g/mol. The lowest BCUT2D eigenvalue weighted by Crippen LogP contribution is -2.31. The molecule has 0 radical (unpaired) electrons. The van der Waals surface area contributed by atoms with Crippen LogP contribution in [0.2, 0.25) is 0 Å². The summed E-state index contributed by atoms with van der Waals surface area (Å²) in [4.78, 5) is 0. The Morgan fingerprint density at radius 3 is 2.60 bits per heavy atom. The lowest BCUT2D eigenvalue weighted by molar-refractivity contribution is 0.127. The molecule has 1 fully saturated rings. The minimum atomic E-state index is -2.99. The molecule has 0 aliphatic carbocycles. The van der Waals surface area contributed by atoms with Gasteiger partial charge in [0.1, 0.15) is 0 Å². The van der Waals surface area contributed by atoms with E-state index in [2.05, 4.69) is 15.9 Å². The van der Waals surface area contributed by atoms with Crippen molar-refractivity contribution in [2.24, 2.45) is 5.41 Å². The van der Waals surface area contributed by atoms with Gasteiger partial charge < -0.3 is 4.74 Å². The van der Waals surface area contributed by atoms with Crippen molar-refractivity contribution in [1.29, 1.82) is 0 Å². The van der Waals surface area contributed by atoms with E-state index in [1.807, 2.05) is 13.8 Å². The van der Waals surface area contributed by atoms with Crippen molar-refractivity contribution in [3.05, 3.63) is 0 Å². The third-order valence-corrected chi connectivity index (χ3v) is 6.06. The summed E-state index contributed by atoms with van der Waals surface area (Å²) in [7, 11) is -2.99. The maximum absolute atomic E-state index is 11.9. The normalized spacial score (nSPS) is 23.3. The molecule has 0 amide bonds. The van der Waals surface area contributed by atoms with E-state index in [1.165, 1.54) is 0 Å². The molecular formula is C10H19BrO3S. The average Bonchev–Trinajstić information content (AvgIpc) is 2.54.